The number of rotatable bonds is 9. The van der Waals surface area contributed by atoms with Gasteiger partial charge < -0.3 is 18.7 Å². The number of benzene rings is 2. The van der Waals surface area contributed by atoms with Crippen LogP contribution < -0.4 is 18.9 Å². The van der Waals surface area contributed by atoms with Gasteiger partial charge in [0.25, 0.3) is 0 Å². The third-order valence-corrected chi connectivity index (χ3v) is 5.87. The summed E-state index contributed by atoms with van der Waals surface area (Å²) in [6.07, 6.45) is 0.642. The van der Waals surface area contributed by atoms with E-state index < -0.39 is 10.0 Å². The second-order valence-corrected chi connectivity index (χ2v) is 8.00. The van der Waals surface area contributed by atoms with Gasteiger partial charge in [0.1, 0.15) is 17.2 Å². The van der Waals surface area contributed by atoms with Crippen molar-refractivity contribution in [3.05, 3.63) is 47.9 Å². The number of hydrogen-bond acceptors (Lipinski definition) is 8. The number of aryl methyl sites for hydroxylation is 1. The third-order valence-electron chi connectivity index (χ3n) is 4.47. The summed E-state index contributed by atoms with van der Waals surface area (Å²) in [6, 6.07) is 9.88. The van der Waals surface area contributed by atoms with Gasteiger partial charge in [-0.05, 0) is 42.3 Å². The lowest BCUT2D eigenvalue weighted by Crippen LogP contribution is -2.23. The first-order chi connectivity index (χ1) is 14.4. The fourth-order valence-corrected chi connectivity index (χ4v) is 3.88. The largest absolute Gasteiger partial charge is 0.497 e. The SMILES string of the molecule is CCc1cc(S(=O)(=O)NCc2nc(-c3ccc(OC)cc3OC)no2)ccc1OC. The lowest BCUT2D eigenvalue weighted by molar-refractivity contribution is 0.374. The Labute approximate surface area is 175 Å². The Morgan fingerprint density at radius 3 is 2.43 bits per heavy atom. The standard InChI is InChI=1S/C20H23N3O6S/c1-5-13-10-15(7-9-17(13)27-3)30(24,25)21-12-19-22-20(23-29-19)16-8-6-14(26-2)11-18(16)28-4/h6-11,21H,5,12H2,1-4H3. The Bertz CT molecular complexity index is 1130. The highest BCUT2D eigenvalue weighted by Gasteiger charge is 2.19. The van der Waals surface area contributed by atoms with Crippen molar-refractivity contribution in [1.29, 1.82) is 0 Å². The molecule has 160 valence electrons. The Morgan fingerprint density at radius 2 is 1.77 bits per heavy atom. The van der Waals surface area contributed by atoms with Crippen molar-refractivity contribution in [3.63, 3.8) is 0 Å². The fourth-order valence-electron chi connectivity index (χ4n) is 2.86. The van der Waals surface area contributed by atoms with Crippen LogP contribution in [-0.4, -0.2) is 39.9 Å². The van der Waals surface area contributed by atoms with Crippen LogP contribution in [0.3, 0.4) is 0 Å². The number of hydrogen-bond donors (Lipinski definition) is 1. The molecule has 1 N–H and O–H groups in total. The first kappa shape index (κ1) is 21.6. The van der Waals surface area contributed by atoms with Gasteiger partial charge in [-0.15, -0.1) is 0 Å². The van der Waals surface area contributed by atoms with Crippen LogP contribution in [0.4, 0.5) is 0 Å². The summed E-state index contributed by atoms with van der Waals surface area (Å²) in [7, 11) is 0.855. The van der Waals surface area contributed by atoms with Crippen LogP contribution in [0.15, 0.2) is 45.8 Å². The summed E-state index contributed by atoms with van der Waals surface area (Å²) in [4.78, 5) is 4.39. The molecule has 3 aromatic rings. The van der Waals surface area contributed by atoms with Crippen LogP contribution in [0.5, 0.6) is 17.2 Å². The summed E-state index contributed by atoms with van der Waals surface area (Å²) in [5.41, 5.74) is 1.39. The van der Waals surface area contributed by atoms with Crippen LogP contribution in [0, 0.1) is 0 Å². The van der Waals surface area contributed by atoms with Gasteiger partial charge in [-0.1, -0.05) is 12.1 Å². The van der Waals surface area contributed by atoms with Crippen molar-refractivity contribution in [2.75, 3.05) is 21.3 Å². The maximum atomic E-state index is 12.6. The van der Waals surface area contributed by atoms with E-state index in [0.29, 0.717) is 29.2 Å². The van der Waals surface area contributed by atoms with E-state index in [4.69, 9.17) is 18.7 Å². The highest BCUT2D eigenvalue weighted by molar-refractivity contribution is 7.89. The van der Waals surface area contributed by atoms with Crippen LogP contribution in [0.2, 0.25) is 0 Å². The number of methoxy groups -OCH3 is 3. The molecule has 0 aliphatic rings. The molecule has 0 saturated carbocycles. The quantitative estimate of drug-likeness (QED) is 0.548. The van der Waals surface area contributed by atoms with Crippen molar-refractivity contribution >= 4 is 10.0 Å². The smallest absolute Gasteiger partial charge is 0.242 e. The Hall–Kier alpha value is -3.11. The molecule has 0 unspecified atom stereocenters. The van der Waals surface area contributed by atoms with Crippen LogP contribution in [0.1, 0.15) is 18.4 Å². The first-order valence-corrected chi connectivity index (χ1v) is 10.6. The Balaban J connectivity index is 1.77. The highest BCUT2D eigenvalue weighted by Crippen LogP contribution is 2.31. The molecule has 9 nitrogen and oxygen atoms in total. The van der Waals surface area contributed by atoms with Crippen LogP contribution in [0.25, 0.3) is 11.4 Å². The predicted molar refractivity (Wildman–Crippen MR) is 109 cm³/mol. The summed E-state index contributed by atoms with van der Waals surface area (Å²) in [6.45, 7) is 1.77. The zero-order valence-corrected chi connectivity index (χ0v) is 17.9. The molecular formula is C20H23N3O6S. The summed E-state index contributed by atoms with van der Waals surface area (Å²) in [5.74, 6) is 2.18. The molecule has 0 radical (unpaired) electrons. The molecule has 10 heteroatoms. The van der Waals surface area contributed by atoms with Crippen molar-refractivity contribution in [1.82, 2.24) is 14.9 Å². The molecule has 0 aliphatic heterocycles. The summed E-state index contributed by atoms with van der Waals surface area (Å²) >= 11 is 0. The number of aromatic nitrogens is 2. The normalized spacial score (nSPS) is 11.3. The van der Waals surface area contributed by atoms with E-state index >= 15 is 0 Å². The van der Waals surface area contributed by atoms with Crippen LogP contribution >= 0.6 is 0 Å². The molecule has 2 aromatic carbocycles. The average molecular weight is 433 g/mol. The van der Waals surface area contributed by atoms with Gasteiger partial charge in [-0.3, -0.25) is 0 Å². The van der Waals surface area contributed by atoms with Gasteiger partial charge in [0.05, 0.1) is 38.3 Å². The minimum atomic E-state index is -3.77. The van der Waals surface area contributed by atoms with E-state index in [1.165, 1.54) is 13.2 Å². The van der Waals surface area contributed by atoms with Crippen molar-refractivity contribution in [2.24, 2.45) is 0 Å². The lowest BCUT2D eigenvalue weighted by Gasteiger charge is -2.10. The number of nitrogens with one attached hydrogen (secondary N) is 1. The molecule has 3 rings (SSSR count). The minimum absolute atomic E-state index is 0.121. The summed E-state index contributed by atoms with van der Waals surface area (Å²) < 4.78 is 48.7. The molecular weight excluding hydrogens is 410 g/mol. The third kappa shape index (κ3) is 4.55. The molecule has 0 fully saturated rings. The van der Waals surface area contributed by atoms with Crippen molar-refractivity contribution < 1.29 is 27.2 Å². The monoisotopic (exact) mass is 433 g/mol. The minimum Gasteiger partial charge on any atom is -0.497 e. The van der Waals surface area contributed by atoms with Gasteiger partial charge in [0, 0.05) is 6.07 Å². The Morgan fingerprint density at radius 1 is 1.00 bits per heavy atom. The average Bonchev–Trinajstić information content (AvgIpc) is 3.25. The Kier molecular flexibility index (Phi) is 6.58. The van der Waals surface area contributed by atoms with E-state index in [-0.39, 0.29) is 23.2 Å². The van der Waals surface area contributed by atoms with Crippen molar-refractivity contribution in [2.45, 2.75) is 24.8 Å². The van der Waals surface area contributed by atoms with Crippen molar-refractivity contribution in [3.8, 4) is 28.6 Å². The van der Waals surface area contributed by atoms with E-state index in [2.05, 4.69) is 14.9 Å². The maximum absolute atomic E-state index is 12.6. The maximum Gasteiger partial charge on any atom is 0.242 e. The fraction of sp³-hybridized carbons (Fsp3) is 0.300. The molecule has 0 aliphatic carbocycles. The lowest BCUT2D eigenvalue weighted by atomic mass is 10.1. The first-order valence-electron chi connectivity index (χ1n) is 9.13. The van der Waals surface area contributed by atoms with Gasteiger partial charge in [-0.25, -0.2) is 13.1 Å². The molecule has 0 atom stereocenters. The number of nitrogens with zero attached hydrogens (tertiary/aromatic N) is 2. The zero-order chi connectivity index (χ0) is 21.7. The van der Waals surface area contributed by atoms with Gasteiger partial charge in [-0.2, -0.15) is 4.98 Å². The molecule has 1 aromatic heterocycles. The van der Waals surface area contributed by atoms with E-state index in [0.717, 1.165) is 5.56 Å². The zero-order valence-electron chi connectivity index (χ0n) is 17.1. The molecule has 0 bridgehead atoms. The molecule has 0 spiro atoms. The van der Waals surface area contributed by atoms with Gasteiger partial charge >= 0.3 is 0 Å². The number of sulfonamides is 1. The second-order valence-electron chi connectivity index (χ2n) is 6.23. The molecule has 30 heavy (non-hydrogen) atoms. The van der Waals surface area contributed by atoms with E-state index in [1.807, 2.05) is 6.92 Å². The molecule has 0 saturated heterocycles. The topological polar surface area (TPSA) is 113 Å². The number of ether oxygens (including phenoxy) is 3. The van der Waals surface area contributed by atoms with Gasteiger partial charge in [0.15, 0.2) is 0 Å². The second kappa shape index (κ2) is 9.14. The predicted octanol–water partition coefficient (Wildman–Crippen LogP) is 2.80. The highest BCUT2D eigenvalue weighted by atomic mass is 32.2. The van der Waals surface area contributed by atoms with Crippen LogP contribution in [-0.2, 0) is 23.0 Å². The van der Waals surface area contributed by atoms with E-state index in [1.54, 1.807) is 44.6 Å². The van der Waals surface area contributed by atoms with E-state index in [9.17, 15) is 8.42 Å². The molecule has 1 heterocycles. The van der Waals surface area contributed by atoms with Gasteiger partial charge in [0.2, 0.25) is 21.7 Å². The summed E-state index contributed by atoms with van der Waals surface area (Å²) in [5, 5.41) is 3.92. The molecule has 0 amide bonds.